The predicted molar refractivity (Wildman–Crippen MR) is 120 cm³/mol. The number of alkyl halides is 3. The van der Waals surface area contributed by atoms with Gasteiger partial charge < -0.3 is 13.9 Å². The molecule has 0 bridgehead atoms. The van der Waals surface area contributed by atoms with Crippen LogP contribution in [0.25, 0.3) is 11.3 Å². The topological polar surface area (TPSA) is 125 Å². The maximum Gasteiger partial charge on any atom is 0.433 e. The predicted octanol–water partition coefficient (Wildman–Crippen LogP) is 4.70. The molecule has 0 radical (unpaired) electrons. The Hall–Kier alpha value is -3.78. The van der Waals surface area contributed by atoms with Crippen molar-refractivity contribution in [2.24, 2.45) is 0 Å². The normalized spacial score (nSPS) is 15.6. The van der Waals surface area contributed by atoms with Crippen LogP contribution in [0, 0.1) is 10.1 Å². The molecule has 14 heteroatoms. The van der Waals surface area contributed by atoms with Crippen molar-refractivity contribution in [2.75, 3.05) is 24.7 Å². The summed E-state index contributed by atoms with van der Waals surface area (Å²) in [6.45, 7) is -0.108. The van der Waals surface area contributed by atoms with Crippen molar-refractivity contribution in [2.45, 2.75) is 25.1 Å². The van der Waals surface area contributed by atoms with Crippen LogP contribution in [0.1, 0.15) is 29.0 Å². The number of carbonyl (C=O) groups is 2. The van der Waals surface area contributed by atoms with E-state index in [1.165, 1.54) is 22.4 Å². The summed E-state index contributed by atoms with van der Waals surface area (Å²) in [5.74, 6) is -2.83. The van der Waals surface area contributed by atoms with Gasteiger partial charge in [0.1, 0.15) is 4.92 Å². The number of nitro groups is 1. The first kappa shape index (κ1) is 25.3. The fraction of sp³-hybridized carbons (Fsp3) is 0.318. The molecule has 3 aromatic rings. The molecule has 36 heavy (non-hydrogen) atoms. The highest BCUT2D eigenvalue weighted by Gasteiger charge is 2.31. The number of hydrogen-bond acceptors (Lipinski definition) is 9. The summed E-state index contributed by atoms with van der Waals surface area (Å²) < 4.78 is 54.6. The van der Waals surface area contributed by atoms with Crippen molar-refractivity contribution >= 4 is 34.2 Å². The van der Waals surface area contributed by atoms with Crippen LogP contribution < -0.4 is 4.90 Å². The van der Waals surface area contributed by atoms with Gasteiger partial charge in [0.15, 0.2) is 11.7 Å². The molecule has 1 unspecified atom stereocenters. The van der Waals surface area contributed by atoms with Gasteiger partial charge in [0.2, 0.25) is 5.76 Å². The Bertz CT molecular complexity index is 1270. The second kappa shape index (κ2) is 10.5. The smallest absolute Gasteiger partial charge is 0.433 e. The minimum atomic E-state index is -4.52. The van der Waals surface area contributed by atoms with Crippen molar-refractivity contribution < 1.29 is 41.6 Å². The molecule has 0 saturated carbocycles. The number of ether oxygens (including phenoxy) is 2. The highest BCUT2D eigenvalue weighted by molar-refractivity contribution is 7.14. The Morgan fingerprint density at radius 1 is 1.28 bits per heavy atom. The van der Waals surface area contributed by atoms with Gasteiger partial charge in [-0.2, -0.15) is 13.2 Å². The summed E-state index contributed by atoms with van der Waals surface area (Å²) in [5.41, 5.74) is -0.360. The lowest BCUT2D eigenvalue weighted by Crippen LogP contribution is -2.40. The number of halogens is 3. The fourth-order valence-electron chi connectivity index (χ4n) is 3.47. The van der Waals surface area contributed by atoms with E-state index >= 15 is 0 Å². The van der Waals surface area contributed by atoms with Gasteiger partial charge in [0, 0.05) is 17.6 Å². The number of nitrogens with zero attached hydrogens (tertiary/aromatic N) is 3. The third-order valence-electron chi connectivity index (χ3n) is 5.22. The zero-order chi connectivity index (χ0) is 25.9. The van der Waals surface area contributed by atoms with Gasteiger partial charge in [-0.15, -0.1) is 11.3 Å². The number of furan rings is 1. The average molecular weight is 525 g/mol. The number of carbonyl (C=O) groups excluding carboxylic acids is 2. The van der Waals surface area contributed by atoms with Gasteiger partial charge in [0.25, 0.3) is 5.91 Å². The Morgan fingerprint density at radius 2 is 2.08 bits per heavy atom. The first-order valence-corrected chi connectivity index (χ1v) is 11.5. The summed E-state index contributed by atoms with van der Waals surface area (Å²) in [5, 5.41) is 12.4. The number of esters is 1. The molecule has 190 valence electrons. The summed E-state index contributed by atoms with van der Waals surface area (Å²) in [4.78, 5) is 40.6. The second-order valence-electron chi connectivity index (χ2n) is 7.70. The molecule has 10 nitrogen and oxygen atoms in total. The molecule has 4 rings (SSSR count). The maximum absolute atomic E-state index is 13.1. The van der Waals surface area contributed by atoms with Crippen LogP contribution in [0.3, 0.4) is 0 Å². The summed E-state index contributed by atoms with van der Waals surface area (Å²) in [7, 11) is 0. The summed E-state index contributed by atoms with van der Waals surface area (Å²) in [6.07, 6.45) is -3.33. The van der Waals surface area contributed by atoms with Gasteiger partial charge >= 0.3 is 18.0 Å². The Morgan fingerprint density at radius 3 is 2.75 bits per heavy atom. The van der Waals surface area contributed by atoms with E-state index < -0.39 is 46.8 Å². The van der Waals surface area contributed by atoms with Crippen LogP contribution in [0.2, 0.25) is 0 Å². The number of rotatable bonds is 8. The van der Waals surface area contributed by atoms with E-state index in [4.69, 9.17) is 13.9 Å². The number of benzene rings is 1. The molecule has 1 amide bonds. The van der Waals surface area contributed by atoms with Gasteiger partial charge in [-0.3, -0.25) is 19.8 Å². The van der Waals surface area contributed by atoms with Crippen molar-refractivity contribution in [1.82, 2.24) is 4.98 Å². The molecular formula is C22H18F3N3O7S. The van der Waals surface area contributed by atoms with Crippen molar-refractivity contribution in [1.29, 1.82) is 0 Å². The zero-order valence-corrected chi connectivity index (χ0v) is 19.2. The van der Waals surface area contributed by atoms with Crippen LogP contribution in [0.15, 0.2) is 46.2 Å². The van der Waals surface area contributed by atoms with E-state index in [0.717, 1.165) is 42.0 Å². The molecule has 1 aromatic carbocycles. The summed E-state index contributed by atoms with van der Waals surface area (Å²) in [6, 6.07) is 6.70. The zero-order valence-electron chi connectivity index (χ0n) is 18.4. The van der Waals surface area contributed by atoms with Gasteiger partial charge in [0.05, 0.1) is 30.0 Å². The molecule has 1 atom stereocenters. The standard InChI is InChI=1S/C22H18F3N3O7S/c23-22(24,25)14-4-1-3-13(9-14)16-12-36-21(26-16)27(10-15-5-2-8-33-15)18(29)11-34-20(30)17-6-7-19(35-17)28(31)32/h1,3-4,6-7,9,12,15H,2,5,8,10-11H2. The molecule has 3 heterocycles. The van der Waals surface area contributed by atoms with Crippen LogP contribution in [0.4, 0.5) is 24.2 Å². The third kappa shape index (κ3) is 5.88. The molecule has 0 spiro atoms. The van der Waals surface area contributed by atoms with E-state index in [9.17, 15) is 32.9 Å². The van der Waals surface area contributed by atoms with Crippen molar-refractivity contribution in [3.63, 3.8) is 0 Å². The Kier molecular flexibility index (Phi) is 7.35. The van der Waals surface area contributed by atoms with Crippen LogP contribution in [0.5, 0.6) is 0 Å². The van der Waals surface area contributed by atoms with Gasteiger partial charge in [-0.25, -0.2) is 9.78 Å². The number of hydrogen-bond donors (Lipinski definition) is 0. The first-order valence-electron chi connectivity index (χ1n) is 10.6. The number of amides is 1. The molecule has 1 aliphatic heterocycles. The molecule has 1 saturated heterocycles. The quantitative estimate of drug-likeness (QED) is 0.235. The number of thiazole rings is 1. The van der Waals surface area contributed by atoms with E-state index in [-0.39, 0.29) is 29.0 Å². The van der Waals surface area contributed by atoms with E-state index in [2.05, 4.69) is 4.98 Å². The first-order chi connectivity index (χ1) is 17.1. The fourth-order valence-corrected chi connectivity index (χ4v) is 4.33. The van der Waals surface area contributed by atoms with Crippen LogP contribution in [-0.4, -0.2) is 47.6 Å². The monoisotopic (exact) mass is 525 g/mol. The van der Waals surface area contributed by atoms with E-state index in [0.29, 0.717) is 13.0 Å². The van der Waals surface area contributed by atoms with Crippen molar-refractivity contribution in [3.8, 4) is 11.3 Å². The van der Waals surface area contributed by atoms with Gasteiger partial charge in [-0.05, 0) is 31.0 Å². The van der Waals surface area contributed by atoms with Crippen LogP contribution in [-0.2, 0) is 20.4 Å². The maximum atomic E-state index is 13.1. The molecule has 2 aromatic heterocycles. The van der Waals surface area contributed by atoms with E-state index in [1.54, 1.807) is 0 Å². The lowest BCUT2D eigenvalue weighted by Gasteiger charge is -2.22. The molecule has 1 fully saturated rings. The third-order valence-corrected chi connectivity index (χ3v) is 6.08. The lowest BCUT2D eigenvalue weighted by molar-refractivity contribution is -0.402. The van der Waals surface area contributed by atoms with E-state index in [1.807, 2.05) is 0 Å². The van der Waals surface area contributed by atoms with Crippen LogP contribution >= 0.6 is 11.3 Å². The minimum Gasteiger partial charge on any atom is -0.450 e. The second-order valence-corrected chi connectivity index (χ2v) is 8.54. The van der Waals surface area contributed by atoms with Crippen molar-refractivity contribution in [3.05, 3.63) is 63.2 Å². The average Bonchev–Trinajstić information content (AvgIpc) is 3.61. The Labute approximate surface area is 205 Å². The highest BCUT2D eigenvalue weighted by atomic mass is 32.1. The largest absolute Gasteiger partial charge is 0.450 e. The highest BCUT2D eigenvalue weighted by Crippen LogP contribution is 2.34. The minimum absolute atomic E-state index is 0.0954. The summed E-state index contributed by atoms with van der Waals surface area (Å²) >= 11 is 1.04. The van der Waals surface area contributed by atoms with Gasteiger partial charge in [-0.1, -0.05) is 12.1 Å². The number of anilines is 1. The Balaban J connectivity index is 1.51. The molecule has 1 aliphatic rings. The molecule has 0 aliphatic carbocycles. The molecular weight excluding hydrogens is 507 g/mol. The SMILES string of the molecule is O=C(OCC(=O)N(CC1CCCO1)c1nc(-c2cccc(C(F)(F)F)c2)cs1)c1ccc([N+](=O)[O-])o1. The lowest BCUT2D eigenvalue weighted by atomic mass is 10.1. The molecule has 0 N–H and O–H groups in total. The number of aromatic nitrogens is 1.